The standard InChI is InChI=1S/C22H22N2O4/c1-2-27-19-11-7-16(8-12-19)14-21(25)23-15-17-5-9-18(10-6-17)24-22(26)20-4-3-13-28-20/h3-13H,2,14-15H2,1H3,(H,23,25)(H,24,26). The summed E-state index contributed by atoms with van der Waals surface area (Å²) in [7, 11) is 0. The first-order valence-corrected chi connectivity index (χ1v) is 9.06. The molecule has 0 saturated carbocycles. The van der Waals surface area contributed by atoms with E-state index in [0.717, 1.165) is 16.9 Å². The van der Waals surface area contributed by atoms with Gasteiger partial charge in [0.1, 0.15) is 5.75 Å². The number of furan rings is 1. The van der Waals surface area contributed by atoms with Gasteiger partial charge in [0, 0.05) is 12.2 Å². The van der Waals surface area contributed by atoms with Gasteiger partial charge in [0.2, 0.25) is 5.91 Å². The lowest BCUT2D eigenvalue weighted by molar-refractivity contribution is -0.120. The molecule has 0 unspecified atom stereocenters. The van der Waals surface area contributed by atoms with Crippen molar-refractivity contribution in [1.29, 1.82) is 0 Å². The molecule has 0 radical (unpaired) electrons. The van der Waals surface area contributed by atoms with Crippen molar-refractivity contribution < 1.29 is 18.7 Å². The van der Waals surface area contributed by atoms with Crippen molar-refractivity contribution in [3.63, 3.8) is 0 Å². The number of anilines is 1. The van der Waals surface area contributed by atoms with Crippen LogP contribution < -0.4 is 15.4 Å². The van der Waals surface area contributed by atoms with Crippen LogP contribution in [-0.4, -0.2) is 18.4 Å². The van der Waals surface area contributed by atoms with Crippen molar-refractivity contribution in [3.8, 4) is 5.75 Å². The zero-order valence-corrected chi connectivity index (χ0v) is 15.6. The molecule has 0 aliphatic heterocycles. The summed E-state index contributed by atoms with van der Waals surface area (Å²) in [4.78, 5) is 24.1. The molecule has 0 aliphatic rings. The molecule has 6 heteroatoms. The second kappa shape index (κ2) is 9.41. The van der Waals surface area contributed by atoms with Crippen molar-refractivity contribution in [2.75, 3.05) is 11.9 Å². The Bertz CT molecular complexity index is 901. The van der Waals surface area contributed by atoms with Crippen LogP contribution >= 0.6 is 0 Å². The summed E-state index contributed by atoms with van der Waals surface area (Å²) >= 11 is 0. The predicted octanol–water partition coefficient (Wildman–Crippen LogP) is 3.79. The number of carbonyl (C=O) groups is 2. The summed E-state index contributed by atoms with van der Waals surface area (Å²) < 4.78 is 10.5. The van der Waals surface area contributed by atoms with Gasteiger partial charge in [-0.2, -0.15) is 0 Å². The summed E-state index contributed by atoms with van der Waals surface area (Å²) in [5.41, 5.74) is 2.53. The molecular formula is C22H22N2O4. The molecule has 0 spiro atoms. The first-order chi connectivity index (χ1) is 13.6. The Kier molecular flexibility index (Phi) is 6.46. The fraction of sp³-hybridized carbons (Fsp3) is 0.182. The number of ether oxygens (including phenoxy) is 1. The number of rotatable bonds is 8. The molecule has 6 nitrogen and oxygen atoms in total. The van der Waals surface area contributed by atoms with Gasteiger partial charge < -0.3 is 19.8 Å². The highest BCUT2D eigenvalue weighted by atomic mass is 16.5. The Balaban J connectivity index is 1.46. The Hall–Kier alpha value is -3.54. The average molecular weight is 378 g/mol. The Morgan fingerprint density at radius 3 is 2.32 bits per heavy atom. The maximum absolute atomic E-state index is 12.1. The third kappa shape index (κ3) is 5.48. The van der Waals surface area contributed by atoms with E-state index in [1.807, 2.05) is 43.3 Å². The van der Waals surface area contributed by atoms with Crippen LogP contribution in [-0.2, 0) is 17.8 Å². The Labute approximate surface area is 163 Å². The Morgan fingerprint density at radius 1 is 0.964 bits per heavy atom. The Morgan fingerprint density at radius 2 is 1.68 bits per heavy atom. The minimum Gasteiger partial charge on any atom is -0.494 e. The van der Waals surface area contributed by atoms with Crippen molar-refractivity contribution in [1.82, 2.24) is 5.32 Å². The second-order valence-electron chi connectivity index (χ2n) is 6.16. The number of benzene rings is 2. The summed E-state index contributed by atoms with van der Waals surface area (Å²) in [6.45, 7) is 2.97. The molecule has 0 fully saturated rings. The van der Waals surface area contributed by atoms with Gasteiger partial charge in [-0.05, 0) is 54.4 Å². The molecule has 28 heavy (non-hydrogen) atoms. The number of hydrogen-bond acceptors (Lipinski definition) is 4. The van der Waals surface area contributed by atoms with Crippen molar-refractivity contribution in [3.05, 3.63) is 83.8 Å². The normalized spacial score (nSPS) is 10.3. The van der Waals surface area contributed by atoms with E-state index in [9.17, 15) is 9.59 Å². The zero-order chi connectivity index (χ0) is 19.8. The van der Waals surface area contributed by atoms with Crippen LogP contribution in [0.4, 0.5) is 5.69 Å². The highest BCUT2D eigenvalue weighted by Crippen LogP contribution is 2.13. The lowest BCUT2D eigenvalue weighted by Gasteiger charge is -2.08. The SMILES string of the molecule is CCOc1ccc(CC(=O)NCc2ccc(NC(=O)c3ccco3)cc2)cc1. The first-order valence-electron chi connectivity index (χ1n) is 9.06. The third-order valence-electron chi connectivity index (χ3n) is 4.05. The van der Waals surface area contributed by atoms with E-state index in [2.05, 4.69) is 10.6 Å². The molecule has 2 aromatic carbocycles. The molecule has 144 valence electrons. The van der Waals surface area contributed by atoms with Gasteiger partial charge in [0.05, 0.1) is 19.3 Å². The topological polar surface area (TPSA) is 80.6 Å². The van der Waals surface area contributed by atoms with E-state index >= 15 is 0 Å². The van der Waals surface area contributed by atoms with E-state index in [1.165, 1.54) is 6.26 Å². The smallest absolute Gasteiger partial charge is 0.291 e. The molecule has 3 aromatic rings. The molecule has 0 bridgehead atoms. The lowest BCUT2D eigenvalue weighted by atomic mass is 10.1. The average Bonchev–Trinajstić information content (AvgIpc) is 3.24. The maximum atomic E-state index is 12.1. The van der Waals surface area contributed by atoms with Gasteiger partial charge in [-0.3, -0.25) is 9.59 Å². The van der Waals surface area contributed by atoms with Gasteiger partial charge in [-0.15, -0.1) is 0 Å². The van der Waals surface area contributed by atoms with E-state index in [-0.39, 0.29) is 17.6 Å². The van der Waals surface area contributed by atoms with Crippen LogP contribution in [0.3, 0.4) is 0 Å². The fourth-order valence-corrected chi connectivity index (χ4v) is 2.63. The number of hydrogen-bond donors (Lipinski definition) is 2. The summed E-state index contributed by atoms with van der Waals surface area (Å²) in [6.07, 6.45) is 1.76. The maximum Gasteiger partial charge on any atom is 0.291 e. The van der Waals surface area contributed by atoms with Crippen molar-refractivity contribution in [2.45, 2.75) is 19.9 Å². The molecule has 0 saturated heterocycles. The molecular weight excluding hydrogens is 356 g/mol. The van der Waals surface area contributed by atoms with Crippen LogP contribution in [0, 0.1) is 0 Å². The van der Waals surface area contributed by atoms with Crippen LogP contribution in [0.25, 0.3) is 0 Å². The van der Waals surface area contributed by atoms with Crippen LogP contribution in [0.1, 0.15) is 28.6 Å². The molecule has 2 N–H and O–H groups in total. The predicted molar refractivity (Wildman–Crippen MR) is 106 cm³/mol. The van der Waals surface area contributed by atoms with E-state index in [0.29, 0.717) is 25.3 Å². The first kappa shape index (κ1) is 19.2. The highest BCUT2D eigenvalue weighted by molar-refractivity contribution is 6.02. The number of nitrogens with one attached hydrogen (secondary N) is 2. The van der Waals surface area contributed by atoms with Gasteiger partial charge in [-0.1, -0.05) is 24.3 Å². The second-order valence-corrected chi connectivity index (χ2v) is 6.16. The number of carbonyl (C=O) groups excluding carboxylic acids is 2. The largest absolute Gasteiger partial charge is 0.494 e. The van der Waals surface area contributed by atoms with Crippen LogP contribution in [0.5, 0.6) is 5.75 Å². The molecule has 1 heterocycles. The van der Waals surface area contributed by atoms with E-state index in [4.69, 9.17) is 9.15 Å². The third-order valence-corrected chi connectivity index (χ3v) is 4.05. The van der Waals surface area contributed by atoms with Crippen molar-refractivity contribution in [2.24, 2.45) is 0 Å². The summed E-state index contributed by atoms with van der Waals surface area (Å²) in [5.74, 6) is 0.692. The molecule has 0 aliphatic carbocycles. The van der Waals surface area contributed by atoms with Gasteiger partial charge in [-0.25, -0.2) is 0 Å². The zero-order valence-electron chi connectivity index (χ0n) is 15.6. The summed E-state index contributed by atoms with van der Waals surface area (Å²) in [6, 6.07) is 18.1. The van der Waals surface area contributed by atoms with Gasteiger partial charge in [0.15, 0.2) is 5.76 Å². The quantitative estimate of drug-likeness (QED) is 0.625. The lowest BCUT2D eigenvalue weighted by Crippen LogP contribution is -2.24. The minimum atomic E-state index is -0.304. The molecule has 0 atom stereocenters. The van der Waals surface area contributed by atoms with Gasteiger partial charge >= 0.3 is 0 Å². The molecule has 2 amide bonds. The number of amides is 2. The molecule has 1 aromatic heterocycles. The fourth-order valence-electron chi connectivity index (χ4n) is 2.63. The van der Waals surface area contributed by atoms with Crippen LogP contribution in [0.15, 0.2) is 71.3 Å². The van der Waals surface area contributed by atoms with Gasteiger partial charge in [0.25, 0.3) is 5.91 Å². The molecule has 3 rings (SSSR count). The summed E-state index contributed by atoms with van der Waals surface area (Å²) in [5, 5.41) is 5.65. The monoisotopic (exact) mass is 378 g/mol. The van der Waals surface area contributed by atoms with E-state index < -0.39 is 0 Å². The minimum absolute atomic E-state index is 0.0561. The highest BCUT2D eigenvalue weighted by Gasteiger charge is 2.09. The van der Waals surface area contributed by atoms with Crippen LogP contribution in [0.2, 0.25) is 0 Å². The van der Waals surface area contributed by atoms with E-state index in [1.54, 1.807) is 24.3 Å². The van der Waals surface area contributed by atoms with Crippen molar-refractivity contribution >= 4 is 17.5 Å².